The quantitative estimate of drug-likeness (QED) is 0.466. The maximum absolute atomic E-state index is 4.71. The SMILES string of the molecule is c1cc(-n2ncc3cc(-c4cncc(CN5CCC5)c4)ccc32)cc(N2CCCCC2)n1. The van der Waals surface area contributed by atoms with E-state index in [0.29, 0.717) is 0 Å². The summed E-state index contributed by atoms with van der Waals surface area (Å²) in [6.07, 6.45) is 12.9. The molecule has 32 heavy (non-hydrogen) atoms. The number of nitrogens with zero attached hydrogens (tertiary/aromatic N) is 6. The lowest BCUT2D eigenvalue weighted by molar-refractivity contribution is 0.172. The molecule has 0 unspecified atom stereocenters. The van der Waals surface area contributed by atoms with Crippen molar-refractivity contribution in [3.63, 3.8) is 0 Å². The van der Waals surface area contributed by atoms with E-state index in [4.69, 9.17) is 5.10 Å². The summed E-state index contributed by atoms with van der Waals surface area (Å²) in [5, 5.41) is 5.84. The van der Waals surface area contributed by atoms with Crippen LogP contribution in [0, 0.1) is 0 Å². The average Bonchev–Trinajstić information content (AvgIpc) is 3.26. The third kappa shape index (κ3) is 3.75. The molecule has 1 aromatic carbocycles. The molecule has 162 valence electrons. The van der Waals surface area contributed by atoms with Crippen LogP contribution in [-0.2, 0) is 6.54 Å². The standard InChI is InChI=1S/C26H28N6/c1-2-11-31(12-3-1)26-15-24(7-8-28-26)32-25-6-5-21(14-23(25)18-29-32)22-13-20(16-27-17-22)19-30-9-4-10-30/h5-8,13-18H,1-4,9-12,19H2. The normalized spacial score (nSPS) is 16.9. The van der Waals surface area contributed by atoms with Gasteiger partial charge in [-0.15, -0.1) is 0 Å². The number of piperidine rings is 1. The van der Waals surface area contributed by atoms with Gasteiger partial charge in [-0.2, -0.15) is 5.10 Å². The second-order valence-corrected chi connectivity index (χ2v) is 8.96. The number of fused-ring (bicyclic) bond motifs is 1. The molecule has 2 aliphatic rings. The predicted octanol–water partition coefficient (Wildman–Crippen LogP) is 4.68. The molecule has 6 heteroatoms. The van der Waals surface area contributed by atoms with Crippen LogP contribution in [0.15, 0.2) is 61.2 Å². The van der Waals surface area contributed by atoms with Gasteiger partial charge in [0.2, 0.25) is 0 Å². The molecule has 6 nitrogen and oxygen atoms in total. The van der Waals surface area contributed by atoms with Crippen molar-refractivity contribution in [1.82, 2.24) is 24.6 Å². The molecule has 3 aromatic heterocycles. The maximum Gasteiger partial charge on any atom is 0.130 e. The van der Waals surface area contributed by atoms with E-state index in [1.807, 2.05) is 35.5 Å². The van der Waals surface area contributed by atoms with Crippen LogP contribution in [-0.4, -0.2) is 50.8 Å². The number of rotatable bonds is 5. The molecule has 4 aromatic rings. The van der Waals surface area contributed by atoms with Crippen LogP contribution in [0.2, 0.25) is 0 Å². The van der Waals surface area contributed by atoms with Gasteiger partial charge in [0.25, 0.3) is 0 Å². The Morgan fingerprint density at radius 2 is 1.69 bits per heavy atom. The molecule has 2 fully saturated rings. The largest absolute Gasteiger partial charge is 0.357 e. The van der Waals surface area contributed by atoms with E-state index in [-0.39, 0.29) is 0 Å². The van der Waals surface area contributed by atoms with Gasteiger partial charge in [0.15, 0.2) is 0 Å². The van der Waals surface area contributed by atoms with Crippen molar-refractivity contribution in [2.45, 2.75) is 32.2 Å². The molecule has 0 aliphatic carbocycles. The zero-order valence-corrected chi connectivity index (χ0v) is 18.3. The second kappa shape index (κ2) is 8.36. The van der Waals surface area contributed by atoms with Crippen molar-refractivity contribution in [2.75, 3.05) is 31.1 Å². The molecule has 2 saturated heterocycles. The van der Waals surface area contributed by atoms with Crippen molar-refractivity contribution in [2.24, 2.45) is 0 Å². The van der Waals surface area contributed by atoms with Gasteiger partial charge in [-0.1, -0.05) is 6.07 Å². The lowest BCUT2D eigenvalue weighted by Gasteiger charge is -2.30. The van der Waals surface area contributed by atoms with Crippen LogP contribution in [0.3, 0.4) is 0 Å². The molecule has 0 atom stereocenters. The number of likely N-dealkylation sites (tertiary alicyclic amines) is 1. The highest BCUT2D eigenvalue weighted by atomic mass is 15.3. The Morgan fingerprint density at radius 3 is 2.53 bits per heavy atom. The average molecular weight is 425 g/mol. The van der Waals surface area contributed by atoms with Gasteiger partial charge in [0, 0.05) is 55.2 Å². The predicted molar refractivity (Wildman–Crippen MR) is 128 cm³/mol. The summed E-state index contributed by atoms with van der Waals surface area (Å²) >= 11 is 0. The summed E-state index contributed by atoms with van der Waals surface area (Å²) in [7, 11) is 0. The molecule has 0 spiro atoms. The maximum atomic E-state index is 4.71. The highest BCUT2D eigenvalue weighted by Gasteiger charge is 2.15. The van der Waals surface area contributed by atoms with Gasteiger partial charge in [-0.3, -0.25) is 9.88 Å². The Hall–Kier alpha value is -3.25. The molecule has 2 aliphatic heterocycles. The van der Waals surface area contributed by atoms with E-state index in [9.17, 15) is 0 Å². The zero-order chi connectivity index (χ0) is 21.3. The smallest absolute Gasteiger partial charge is 0.130 e. The molecule has 0 N–H and O–H groups in total. The van der Waals surface area contributed by atoms with Crippen molar-refractivity contribution in [3.8, 4) is 16.8 Å². The third-order valence-corrected chi connectivity index (χ3v) is 6.70. The summed E-state index contributed by atoms with van der Waals surface area (Å²) in [5.74, 6) is 1.05. The van der Waals surface area contributed by atoms with Crippen LogP contribution in [0.4, 0.5) is 5.82 Å². The van der Waals surface area contributed by atoms with Crippen LogP contribution in [0.25, 0.3) is 27.7 Å². The van der Waals surface area contributed by atoms with E-state index in [0.717, 1.165) is 47.6 Å². The summed E-state index contributed by atoms with van der Waals surface area (Å²) in [5.41, 5.74) is 5.78. The minimum Gasteiger partial charge on any atom is -0.357 e. The molecule has 0 saturated carbocycles. The van der Waals surface area contributed by atoms with Gasteiger partial charge in [0.1, 0.15) is 5.82 Å². The third-order valence-electron chi connectivity index (χ3n) is 6.70. The van der Waals surface area contributed by atoms with Gasteiger partial charge in [-0.25, -0.2) is 9.67 Å². The number of aromatic nitrogens is 4. The Labute approximate surface area is 188 Å². The van der Waals surface area contributed by atoms with E-state index < -0.39 is 0 Å². The lowest BCUT2D eigenvalue weighted by atomic mass is 10.0. The molecule has 6 rings (SSSR count). The number of hydrogen-bond donors (Lipinski definition) is 0. The molecular formula is C26H28N6. The monoisotopic (exact) mass is 424 g/mol. The first kappa shape index (κ1) is 19.4. The van der Waals surface area contributed by atoms with Gasteiger partial charge < -0.3 is 4.90 Å². The topological polar surface area (TPSA) is 50.1 Å². The molecule has 5 heterocycles. The first-order valence-corrected chi connectivity index (χ1v) is 11.7. The fourth-order valence-electron chi connectivity index (χ4n) is 4.78. The van der Waals surface area contributed by atoms with Crippen molar-refractivity contribution < 1.29 is 0 Å². The number of hydrogen-bond acceptors (Lipinski definition) is 5. The van der Waals surface area contributed by atoms with Crippen molar-refractivity contribution in [1.29, 1.82) is 0 Å². The summed E-state index contributed by atoms with van der Waals surface area (Å²) < 4.78 is 2.02. The Bertz CT molecular complexity index is 1240. The summed E-state index contributed by atoms with van der Waals surface area (Å²) in [4.78, 5) is 14.0. The van der Waals surface area contributed by atoms with Gasteiger partial charge in [-0.05, 0) is 74.2 Å². The highest BCUT2D eigenvalue weighted by molar-refractivity contribution is 5.85. The minimum absolute atomic E-state index is 0.989. The van der Waals surface area contributed by atoms with E-state index >= 15 is 0 Å². The van der Waals surface area contributed by atoms with Crippen LogP contribution in [0.5, 0.6) is 0 Å². The fraction of sp³-hybridized carbons (Fsp3) is 0.346. The summed E-state index contributed by atoms with van der Waals surface area (Å²) in [6, 6.07) is 13.0. The van der Waals surface area contributed by atoms with E-state index in [1.165, 1.54) is 49.9 Å². The minimum atomic E-state index is 0.989. The molecule has 0 radical (unpaired) electrons. The number of anilines is 1. The first-order valence-electron chi connectivity index (χ1n) is 11.7. The van der Waals surface area contributed by atoms with E-state index in [2.05, 4.69) is 50.1 Å². The number of benzene rings is 1. The van der Waals surface area contributed by atoms with Crippen molar-refractivity contribution in [3.05, 3.63) is 66.7 Å². The summed E-state index contributed by atoms with van der Waals surface area (Å²) in [6.45, 7) is 5.56. The fourth-order valence-corrected chi connectivity index (χ4v) is 4.78. The molecule has 0 amide bonds. The Morgan fingerprint density at radius 1 is 0.781 bits per heavy atom. The zero-order valence-electron chi connectivity index (χ0n) is 18.3. The Kier molecular flexibility index (Phi) is 5.07. The molecule has 0 bridgehead atoms. The number of pyridine rings is 2. The first-order chi connectivity index (χ1) is 15.8. The van der Waals surface area contributed by atoms with Crippen LogP contribution < -0.4 is 4.90 Å². The molecular weight excluding hydrogens is 396 g/mol. The Balaban J connectivity index is 1.29. The van der Waals surface area contributed by atoms with Crippen LogP contribution in [0.1, 0.15) is 31.2 Å². The highest BCUT2D eigenvalue weighted by Crippen LogP contribution is 2.28. The van der Waals surface area contributed by atoms with Crippen LogP contribution >= 0.6 is 0 Å². The lowest BCUT2D eigenvalue weighted by Crippen LogP contribution is -2.36. The van der Waals surface area contributed by atoms with Crippen molar-refractivity contribution >= 4 is 16.7 Å². The second-order valence-electron chi connectivity index (χ2n) is 8.96. The van der Waals surface area contributed by atoms with Gasteiger partial charge in [0.05, 0.1) is 17.4 Å². The van der Waals surface area contributed by atoms with Gasteiger partial charge >= 0.3 is 0 Å². The van der Waals surface area contributed by atoms with E-state index in [1.54, 1.807) is 0 Å².